The lowest BCUT2D eigenvalue weighted by atomic mass is 10.0. The smallest absolute Gasteiger partial charge is 0.410 e. The lowest BCUT2D eigenvalue weighted by molar-refractivity contribution is 0.0184. The van der Waals surface area contributed by atoms with Crippen LogP contribution in [0.5, 0.6) is 0 Å². The molecule has 3 aromatic rings. The van der Waals surface area contributed by atoms with E-state index in [9.17, 15) is 4.79 Å². The second-order valence-electron chi connectivity index (χ2n) is 12.4. The molecule has 4 heterocycles. The van der Waals surface area contributed by atoms with Crippen LogP contribution >= 0.6 is 11.6 Å². The summed E-state index contributed by atoms with van der Waals surface area (Å²) in [6.45, 7) is 19.2. The van der Waals surface area contributed by atoms with E-state index in [4.69, 9.17) is 26.2 Å². The summed E-state index contributed by atoms with van der Waals surface area (Å²) in [6.07, 6.45) is 2.89. The van der Waals surface area contributed by atoms with Crippen LogP contribution in [-0.4, -0.2) is 68.7 Å². The van der Waals surface area contributed by atoms with E-state index in [0.29, 0.717) is 31.6 Å². The largest absolute Gasteiger partial charge is 0.444 e. The molecule has 0 aromatic carbocycles. The second kappa shape index (κ2) is 11.0. The number of aryl methyl sites for hydroxylation is 1. The van der Waals surface area contributed by atoms with Crippen LogP contribution in [0, 0.1) is 13.8 Å². The van der Waals surface area contributed by atoms with Crippen LogP contribution in [-0.2, 0) is 16.2 Å². The van der Waals surface area contributed by atoms with Crippen molar-refractivity contribution in [1.29, 1.82) is 0 Å². The highest BCUT2D eigenvalue weighted by molar-refractivity contribution is 6.76. The first kappa shape index (κ1) is 28.6. The van der Waals surface area contributed by atoms with Crippen molar-refractivity contribution in [3.8, 4) is 11.3 Å². The lowest BCUT2D eigenvalue weighted by Crippen LogP contribution is -2.42. The van der Waals surface area contributed by atoms with Crippen molar-refractivity contribution in [2.24, 2.45) is 0 Å². The van der Waals surface area contributed by atoms with Gasteiger partial charge >= 0.3 is 6.09 Å². The predicted molar refractivity (Wildman–Crippen MR) is 153 cm³/mol. The van der Waals surface area contributed by atoms with Gasteiger partial charge in [0.25, 0.3) is 0 Å². The normalized spacial score (nSPS) is 15.4. The van der Waals surface area contributed by atoms with Crippen LogP contribution < -0.4 is 0 Å². The minimum atomic E-state index is -1.20. The van der Waals surface area contributed by atoms with E-state index in [-0.39, 0.29) is 12.1 Å². The molecule has 9 nitrogen and oxygen atoms in total. The third kappa shape index (κ3) is 6.40. The fourth-order valence-corrected chi connectivity index (χ4v) is 5.85. The van der Waals surface area contributed by atoms with Crippen LogP contribution in [0.3, 0.4) is 0 Å². The van der Waals surface area contributed by atoms with Crippen molar-refractivity contribution in [2.75, 3.05) is 19.7 Å². The maximum absolute atomic E-state index is 12.5. The molecule has 0 aliphatic carbocycles. The third-order valence-corrected chi connectivity index (χ3v) is 8.91. The third-order valence-electron chi connectivity index (χ3n) is 6.90. The number of aromatic nitrogens is 5. The Labute approximate surface area is 231 Å². The van der Waals surface area contributed by atoms with E-state index in [2.05, 4.69) is 45.8 Å². The highest BCUT2D eigenvalue weighted by Crippen LogP contribution is 2.36. The summed E-state index contributed by atoms with van der Waals surface area (Å²) in [5, 5.41) is 6.19. The fraction of sp³-hybridized carbons (Fsp3) is 0.630. The number of piperidine rings is 1. The molecule has 11 heteroatoms. The summed E-state index contributed by atoms with van der Waals surface area (Å²) >= 11 is 6.47. The first-order chi connectivity index (χ1) is 17.7. The molecule has 0 N–H and O–H groups in total. The summed E-state index contributed by atoms with van der Waals surface area (Å²) in [7, 11) is -1.20. The van der Waals surface area contributed by atoms with Crippen molar-refractivity contribution < 1.29 is 14.3 Å². The standard InChI is InChI=1S/C27H41ClN6O3Si/c1-18-23(19(2)34(31-18)20-9-11-32(12-10-20)26(35)37-27(3,4)5)22-15-21-24(28)29-16-30-25(21)33(22)17-36-13-14-38(6,7)8/h15-16,20H,9-14,17H2,1-8H3. The molecule has 4 rings (SSSR count). The molecule has 1 fully saturated rings. The zero-order chi connectivity index (χ0) is 27.8. The quantitative estimate of drug-likeness (QED) is 0.187. The molecule has 1 saturated heterocycles. The van der Waals surface area contributed by atoms with E-state index in [1.54, 1.807) is 4.90 Å². The molecule has 0 saturated carbocycles. The number of amides is 1. The van der Waals surface area contributed by atoms with Gasteiger partial charge in [-0.05, 0) is 59.6 Å². The second-order valence-corrected chi connectivity index (χ2v) is 18.4. The van der Waals surface area contributed by atoms with Crippen molar-refractivity contribution in [2.45, 2.75) is 91.5 Å². The van der Waals surface area contributed by atoms with E-state index in [1.165, 1.54) is 6.33 Å². The van der Waals surface area contributed by atoms with Crippen molar-refractivity contribution in [1.82, 2.24) is 29.2 Å². The Hall–Kier alpha value is -2.43. The minimum absolute atomic E-state index is 0.204. The van der Waals surface area contributed by atoms with Gasteiger partial charge in [-0.2, -0.15) is 5.10 Å². The SMILES string of the molecule is Cc1nn(C2CCN(C(=O)OC(C)(C)C)CC2)c(C)c1-c1cc2c(Cl)ncnc2n1COCC[Si](C)(C)C. The number of hydrogen-bond acceptors (Lipinski definition) is 6. The summed E-state index contributed by atoms with van der Waals surface area (Å²) in [5.74, 6) is 0. The molecule has 0 spiro atoms. The van der Waals surface area contributed by atoms with Gasteiger partial charge in [-0.3, -0.25) is 4.68 Å². The number of hydrogen-bond donors (Lipinski definition) is 0. The van der Waals surface area contributed by atoms with Crippen LogP contribution in [0.25, 0.3) is 22.3 Å². The maximum atomic E-state index is 12.5. The summed E-state index contributed by atoms with van der Waals surface area (Å²) < 4.78 is 15.9. The van der Waals surface area contributed by atoms with Gasteiger partial charge in [0.15, 0.2) is 0 Å². The molecule has 3 aromatic heterocycles. The Bertz CT molecular complexity index is 1300. The number of carbonyl (C=O) groups is 1. The van der Waals surface area contributed by atoms with Gasteiger partial charge in [-0.15, -0.1) is 0 Å². The molecule has 1 aliphatic heterocycles. The monoisotopic (exact) mass is 560 g/mol. The van der Waals surface area contributed by atoms with E-state index in [1.807, 2.05) is 33.8 Å². The van der Waals surface area contributed by atoms with Gasteiger partial charge in [0, 0.05) is 39.0 Å². The summed E-state index contributed by atoms with van der Waals surface area (Å²) in [4.78, 5) is 23.1. The zero-order valence-electron chi connectivity index (χ0n) is 24.0. The van der Waals surface area contributed by atoms with E-state index in [0.717, 1.165) is 52.6 Å². The highest BCUT2D eigenvalue weighted by atomic mass is 35.5. The van der Waals surface area contributed by atoms with Crippen LogP contribution in [0.15, 0.2) is 12.4 Å². The number of likely N-dealkylation sites (tertiary alicyclic amines) is 1. The number of halogens is 1. The average molecular weight is 561 g/mol. The zero-order valence-corrected chi connectivity index (χ0v) is 25.7. The first-order valence-corrected chi connectivity index (χ1v) is 17.4. The molecule has 1 amide bonds. The Morgan fingerprint density at radius 3 is 2.47 bits per heavy atom. The molecule has 0 bridgehead atoms. The Kier molecular flexibility index (Phi) is 8.25. The van der Waals surface area contributed by atoms with Gasteiger partial charge < -0.3 is 18.9 Å². The highest BCUT2D eigenvalue weighted by Gasteiger charge is 2.30. The first-order valence-electron chi connectivity index (χ1n) is 13.4. The molecule has 0 atom stereocenters. The van der Waals surface area contributed by atoms with Gasteiger partial charge in [-0.25, -0.2) is 14.8 Å². The minimum Gasteiger partial charge on any atom is -0.444 e. The number of ether oxygens (including phenoxy) is 2. The van der Waals surface area contributed by atoms with Gasteiger partial charge in [0.2, 0.25) is 0 Å². The number of carbonyl (C=O) groups excluding carboxylic acids is 1. The topological polar surface area (TPSA) is 87.3 Å². The Morgan fingerprint density at radius 2 is 1.84 bits per heavy atom. The molecule has 0 unspecified atom stereocenters. The number of fused-ring (bicyclic) bond motifs is 1. The molecular weight excluding hydrogens is 520 g/mol. The summed E-state index contributed by atoms with van der Waals surface area (Å²) in [5.41, 5.74) is 4.30. The molecular formula is C27H41ClN6O3Si. The van der Waals surface area contributed by atoms with Crippen molar-refractivity contribution in [3.63, 3.8) is 0 Å². The Balaban J connectivity index is 1.59. The lowest BCUT2D eigenvalue weighted by Gasteiger charge is -2.34. The molecule has 1 aliphatic rings. The van der Waals surface area contributed by atoms with Crippen LogP contribution in [0.4, 0.5) is 4.79 Å². The molecule has 38 heavy (non-hydrogen) atoms. The maximum Gasteiger partial charge on any atom is 0.410 e. The van der Waals surface area contributed by atoms with E-state index < -0.39 is 13.7 Å². The van der Waals surface area contributed by atoms with Gasteiger partial charge in [0.05, 0.1) is 22.8 Å². The summed E-state index contributed by atoms with van der Waals surface area (Å²) in [6, 6.07) is 3.34. The van der Waals surface area contributed by atoms with Crippen LogP contribution in [0.1, 0.15) is 51.0 Å². The van der Waals surface area contributed by atoms with Crippen molar-refractivity contribution >= 4 is 36.8 Å². The van der Waals surface area contributed by atoms with Crippen molar-refractivity contribution in [3.05, 3.63) is 28.9 Å². The van der Waals surface area contributed by atoms with Crippen LogP contribution in [0.2, 0.25) is 30.8 Å². The van der Waals surface area contributed by atoms with E-state index >= 15 is 0 Å². The molecule has 208 valence electrons. The number of rotatable bonds is 7. The average Bonchev–Trinajstić information content (AvgIpc) is 3.32. The number of nitrogens with zero attached hydrogens (tertiary/aromatic N) is 6. The fourth-order valence-electron chi connectivity index (χ4n) is 4.91. The molecule has 0 radical (unpaired) electrons. The predicted octanol–water partition coefficient (Wildman–Crippen LogP) is 6.45. The Morgan fingerprint density at radius 1 is 1.16 bits per heavy atom. The van der Waals surface area contributed by atoms with Gasteiger partial charge in [-0.1, -0.05) is 31.2 Å². The van der Waals surface area contributed by atoms with Gasteiger partial charge in [0.1, 0.15) is 29.5 Å².